The van der Waals surface area contributed by atoms with Crippen LogP contribution in [0.25, 0.3) is 0 Å². The zero-order chi connectivity index (χ0) is 14.5. The van der Waals surface area contributed by atoms with E-state index in [0.29, 0.717) is 16.5 Å². The molecule has 20 heavy (non-hydrogen) atoms. The third-order valence-corrected chi connectivity index (χ3v) is 4.21. The quantitative estimate of drug-likeness (QED) is 0.704. The number of halogens is 3. The van der Waals surface area contributed by atoms with Crippen LogP contribution in [0.5, 0.6) is 0 Å². The second-order valence-corrected chi connectivity index (χ2v) is 6.31. The Morgan fingerprint density at radius 3 is 2.75 bits per heavy atom. The van der Waals surface area contributed by atoms with Crippen molar-refractivity contribution in [3.8, 4) is 0 Å². The molecule has 0 spiro atoms. The minimum atomic E-state index is 0.555. The number of anilines is 1. The fourth-order valence-corrected chi connectivity index (χ4v) is 2.46. The molecule has 2 aromatic rings. The monoisotopic (exact) mass is 421 g/mol. The molecule has 1 N–H and O–H groups in total. The van der Waals surface area contributed by atoms with Crippen LogP contribution in [-0.4, -0.2) is 16.5 Å². The van der Waals surface area contributed by atoms with E-state index in [2.05, 4.69) is 44.8 Å². The predicted molar refractivity (Wildman–Crippen MR) is 92.8 cm³/mol. The molecule has 0 aliphatic rings. The zero-order valence-electron chi connectivity index (χ0n) is 11.0. The molecule has 0 saturated carbocycles. The fraction of sp³-hybridized carbons (Fsp3) is 0.286. The van der Waals surface area contributed by atoms with Gasteiger partial charge in [0.2, 0.25) is 0 Å². The van der Waals surface area contributed by atoms with Crippen LogP contribution in [0, 0.1) is 3.57 Å². The highest BCUT2D eigenvalue weighted by atomic mass is 127. The van der Waals surface area contributed by atoms with Crippen LogP contribution in [0.2, 0.25) is 10.0 Å². The van der Waals surface area contributed by atoms with Crippen molar-refractivity contribution in [1.29, 1.82) is 0 Å². The standard InChI is InChI=1S/C14H14Cl2IN3/c1-2-5-18-14-12(17)8-19-13(20-14)7-9-3-4-10(15)11(16)6-9/h3-4,6,8H,2,5,7H2,1H3,(H,18,19,20). The maximum absolute atomic E-state index is 6.02. The Hall–Kier alpha value is -0.590. The molecular weight excluding hydrogens is 408 g/mol. The first-order valence-electron chi connectivity index (χ1n) is 6.29. The van der Waals surface area contributed by atoms with E-state index in [1.165, 1.54) is 0 Å². The predicted octanol–water partition coefficient (Wildman–Crippen LogP) is 4.80. The van der Waals surface area contributed by atoms with Crippen molar-refractivity contribution in [2.24, 2.45) is 0 Å². The van der Waals surface area contributed by atoms with Gasteiger partial charge in [0.1, 0.15) is 11.6 Å². The SMILES string of the molecule is CCCNc1nc(Cc2ccc(Cl)c(Cl)c2)ncc1I. The molecule has 0 unspecified atom stereocenters. The Morgan fingerprint density at radius 1 is 1.25 bits per heavy atom. The summed E-state index contributed by atoms with van der Waals surface area (Å²) in [6.45, 7) is 3.02. The second-order valence-electron chi connectivity index (χ2n) is 4.33. The molecule has 1 aromatic carbocycles. The number of nitrogens with one attached hydrogen (secondary N) is 1. The van der Waals surface area contributed by atoms with Crippen molar-refractivity contribution < 1.29 is 0 Å². The van der Waals surface area contributed by atoms with E-state index < -0.39 is 0 Å². The number of nitrogens with zero attached hydrogens (tertiary/aromatic N) is 2. The van der Waals surface area contributed by atoms with E-state index in [1.807, 2.05) is 18.3 Å². The van der Waals surface area contributed by atoms with Crippen molar-refractivity contribution in [3.05, 3.63) is 49.4 Å². The summed E-state index contributed by atoms with van der Waals surface area (Å²) in [6, 6.07) is 5.58. The van der Waals surface area contributed by atoms with Gasteiger partial charge < -0.3 is 5.32 Å². The largest absolute Gasteiger partial charge is 0.369 e. The number of aromatic nitrogens is 2. The summed E-state index contributed by atoms with van der Waals surface area (Å²) in [5.41, 5.74) is 1.04. The summed E-state index contributed by atoms with van der Waals surface area (Å²) in [6.07, 6.45) is 3.52. The Bertz CT molecular complexity index is 605. The summed E-state index contributed by atoms with van der Waals surface area (Å²) in [5, 5.41) is 4.42. The molecule has 1 aromatic heterocycles. The fourth-order valence-electron chi connectivity index (χ4n) is 1.69. The molecule has 3 nitrogen and oxygen atoms in total. The number of hydrogen-bond acceptors (Lipinski definition) is 3. The minimum Gasteiger partial charge on any atom is -0.369 e. The van der Waals surface area contributed by atoms with Crippen LogP contribution in [0.4, 0.5) is 5.82 Å². The maximum Gasteiger partial charge on any atom is 0.143 e. The van der Waals surface area contributed by atoms with E-state index in [9.17, 15) is 0 Å². The van der Waals surface area contributed by atoms with Crippen molar-refractivity contribution in [3.63, 3.8) is 0 Å². The molecule has 106 valence electrons. The number of hydrogen-bond donors (Lipinski definition) is 1. The summed E-state index contributed by atoms with van der Waals surface area (Å²) in [7, 11) is 0. The maximum atomic E-state index is 6.02. The van der Waals surface area contributed by atoms with Crippen molar-refractivity contribution in [1.82, 2.24) is 9.97 Å². The molecule has 0 aliphatic carbocycles. The van der Waals surface area contributed by atoms with Crippen LogP contribution in [-0.2, 0) is 6.42 Å². The van der Waals surface area contributed by atoms with Gasteiger partial charge in [-0.05, 0) is 46.7 Å². The van der Waals surface area contributed by atoms with E-state index in [1.54, 1.807) is 6.07 Å². The summed E-state index contributed by atoms with van der Waals surface area (Å²) < 4.78 is 1.02. The molecule has 0 fully saturated rings. The van der Waals surface area contributed by atoms with Crippen LogP contribution < -0.4 is 5.32 Å². The van der Waals surface area contributed by atoms with Crippen LogP contribution in [0.3, 0.4) is 0 Å². The van der Waals surface area contributed by atoms with Crippen molar-refractivity contribution in [2.75, 3.05) is 11.9 Å². The number of rotatable bonds is 5. The average Bonchev–Trinajstić information content (AvgIpc) is 2.43. The topological polar surface area (TPSA) is 37.8 Å². The highest BCUT2D eigenvalue weighted by molar-refractivity contribution is 14.1. The van der Waals surface area contributed by atoms with Gasteiger partial charge in [0.25, 0.3) is 0 Å². The Balaban J connectivity index is 2.18. The third-order valence-electron chi connectivity index (χ3n) is 2.68. The lowest BCUT2D eigenvalue weighted by atomic mass is 10.1. The third kappa shape index (κ3) is 4.20. The Morgan fingerprint density at radius 2 is 2.05 bits per heavy atom. The van der Waals surface area contributed by atoms with Gasteiger partial charge in [0.15, 0.2) is 0 Å². The first kappa shape index (κ1) is 15.8. The Labute approximate surface area is 142 Å². The van der Waals surface area contributed by atoms with Gasteiger partial charge in [-0.1, -0.05) is 36.2 Å². The first-order chi connectivity index (χ1) is 9.60. The lowest BCUT2D eigenvalue weighted by molar-refractivity contribution is 0.926. The lowest BCUT2D eigenvalue weighted by Crippen LogP contribution is -2.07. The molecule has 0 amide bonds. The molecule has 6 heteroatoms. The lowest BCUT2D eigenvalue weighted by Gasteiger charge is -2.08. The van der Waals surface area contributed by atoms with Gasteiger partial charge in [0.05, 0.1) is 13.6 Å². The van der Waals surface area contributed by atoms with Gasteiger partial charge >= 0.3 is 0 Å². The van der Waals surface area contributed by atoms with E-state index >= 15 is 0 Å². The summed E-state index contributed by atoms with van der Waals surface area (Å²) >= 11 is 14.2. The van der Waals surface area contributed by atoms with Gasteiger partial charge in [-0.2, -0.15) is 0 Å². The van der Waals surface area contributed by atoms with Gasteiger partial charge in [-0.25, -0.2) is 9.97 Å². The smallest absolute Gasteiger partial charge is 0.143 e. The summed E-state index contributed by atoms with van der Waals surface area (Å²) in [5.74, 6) is 1.65. The molecular formula is C14H14Cl2IN3. The van der Waals surface area contributed by atoms with Crippen molar-refractivity contribution in [2.45, 2.75) is 19.8 Å². The normalized spacial score (nSPS) is 10.6. The molecule has 1 heterocycles. The highest BCUT2D eigenvalue weighted by Crippen LogP contribution is 2.24. The summed E-state index contributed by atoms with van der Waals surface area (Å²) in [4.78, 5) is 8.91. The van der Waals surface area contributed by atoms with E-state index in [4.69, 9.17) is 23.2 Å². The van der Waals surface area contributed by atoms with Crippen LogP contribution in [0.15, 0.2) is 24.4 Å². The highest BCUT2D eigenvalue weighted by Gasteiger charge is 2.07. The molecule has 0 saturated heterocycles. The molecule has 0 aliphatic heterocycles. The van der Waals surface area contributed by atoms with E-state index in [-0.39, 0.29) is 0 Å². The second kappa shape index (κ2) is 7.43. The van der Waals surface area contributed by atoms with Gasteiger partial charge in [-0.3, -0.25) is 0 Å². The van der Waals surface area contributed by atoms with Gasteiger partial charge in [-0.15, -0.1) is 0 Å². The van der Waals surface area contributed by atoms with Gasteiger partial charge in [0, 0.05) is 19.2 Å². The van der Waals surface area contributed by atoms with Crippen molar-refractivity contribution >= 4 is 51.6 Å². The molecule has 0 bridgehead atoms. The van der Waals surface area contributed by atoms with Crippen LogP contribution >= 0.6 is 45.8 Å². The molecule has 2 rings (SSSR count). The Kier molecular flexibility index (Phi) is 5.86. The number of benzene rings is 1. The minimum absolute atomic E-state index is 0.555. The zero-order valence-corrected chi connectivity index (χ0v) is 14.6. The molecule has 0 radical (unpaired) electrons. The first-order valence-corrected chi connectivity index (χ1v) is 8.13. The average molecular weight is 422 g/mol. The van der Waals surface area contributed by atoms with E-state index in [0.717, 1.165) is 33.7 Å². The van der Waals surface area contributed by atoms with Crippen LogP contribution in [0.1, 0.15) is 24.7 Å². The molecule has 0 atom stereocenters.